The smallest absolute Gasteiger partial charge is 0.367 e. The number of nitrogens with one attached hydrogen (secondary N) is 1. The van der Waals surface area contributed by atoms with Crippen molar-refractivity contribution in [2.45, 2.75) is 26.1 Å². The van der Waals surface area contributed by atoms with E-state index in [0.717, 1.165) is 17.9 Å². The van der Waals surface area contributed by atoms with Gasteiger partial charge < -0.3 is 10.2 Å². The lowest BCUT2D eigenvalue weighted by atomic mass is 10.1. The van der Waals surface area contributed by atoms with Crippen molar-refractivity contribution in [2.24, 2.45) is 0 Å². The summed E-state index contributed by atoms with van der Waals surface area (Å²) in [5, 5.41) is 3.18. The van der Waals surface area contributed by atoms with Crippen LogP contribution in [0.1, 0.15) is 19.0 Å². The maximum Gasteiger partial charge on any atom is 0.412 e. The highest BCUT2D eigenvalue weighted by molar-refractivity contribution is 5.48. The van der Waals surface area contributed by atoms with Gasteiger partial charge in [0.2, 0.25) is 0 Å². The van der Waals surface area contributed by atoms with Crippen LogP contribution in [-0.2, 0) is 6.54 Å². The summed E-state index contributed by atoms with van der Waals surface area (Å²) in [7, 11) is 0. The van der Waals surface area contributed by atoms with Crippen molar-refractivity contribution in [1.82, 2.24) is 10.3 Å². The summed E-state index contributed by atoms with van der Waals surface area (Å²) in [6, 6.07) is 3.76. The molecule has 110 valence electrons. The van der Waals surface area contributed by atoms with Gasteiger partial charge in [-0.15, -0.1) is 0 Å². The monoisotopic (exact) mass is 285 g/mol. The quantitative estimate of drug-likeness (QED) is 0.862. The Morgan fingerprint density at radius 3 is 2.80 bits per heavy atom. The average molecular weight is 285 g/mol. The molecule has 3 nitrogen and oxygen atoms in total. The van der Waals surface area contributed by atoms with Gasteiger partial charge in [0, 0.05) is 37.1 Å². The highest BCUT2D eigenvalue weighted by atomic mass is 19.4. The van der Waals surface area contributed by atoms with Crippen molar-refractivity contribution in [3.05, 3.63) is 35.7 Å². The third kappa shape index (κ3) is 3.72. The summed E-state index contributed by atoms with van der Waals surface area (Å²) in [6.07, 6.45) is -1.19. The zero-order chi connectivity index (χ0) is 14.6. The highest BCUT2D eigenvalue weighted by Gasteiger charge is 2.34. The van der Waals surface area contributed by atoms with E-state index in [2.05, 4.69) is 10.3 Å². The number of hydrogen-bond acceptors (Lipinski definition) is 3. The fraction of sp³-hybridized carbons (Fsp3) is 0.500. The average Bonchev–Trinajstić information content (AvgIpc) is 2.45. The van der Waals surface area contributed by atoms with Crippen molar-refractivity contribution in [3.8, 4) is 0 Å². The van der Waals surface area contributed by atoms with Crippen molar-refractivity contribution in [1.29, 1.82) is 0 Å². The van der Waals surface area contributed by atoms with Crippen molar-refractivity contribution in [3.63, 3.8) is 0 Å². The fourth-order valence-electron chi connectivity index (χ4n) is 2.17. The number of aromatic nitrogens is 1. The number of pyridine rings is 1. The molecule has 0 atom stereocenters. The molecule has 0 spiro atoms. The molecule has 0 fully saturated rings. The third-order valence-electron chi connectivity index (χ3n) is 3.29. The van der Waals surface area contributed by atoms with Crippen LogP contribution in [0.5, 0.6) is 0 Å². The molecule has 2 heterocycles. The first kappa shape index (κ1) is 14.8. The van der Waals surface area contributed by atoms with E-state index < -0.39 is 11.7 Å². The van der Waals surface area contributed by atoms with Gasteiger partial charge in [0.15, 0.2) is 0 Å². The van der Waals surface area contributed by atoms with Crippen LogP contribution < -0.4 is 10.2 Å². The Kier molecular flexibility index (Phi) is 4.65. The number of halogens is 3. The van der Waals surface area contributed by atoms with E-state index in [-0.39, 0.29) is 6.42 Å². The molecule has 1 aromatic rings. The lowest BCUT2D eigenvalue weighted by Crippen LogP contribution is -2.32. The van der Waals surface area contributed by atoms with Crippen LogP contribution in [0.2, 0.25) is 0 Å². The molecule has 1 aromatic heterocycles. The molecule has 0 radical (unpaired) electrons. The Morgan fingerprint density at radius 2 is 2.20 bits per heavy atom. The van der Waals surface area contributed by atoms with Crippen LogP contribution >= 0.6 is 0 Å². The molecule has 0 saturated carbocycles. The predicted molar refractivity (Wildman–Crippen MR) is 72.6 cm³/mol. The summed E-state index contributed by atoms with van der Waals surface area (Å²) in [5.74, 6) is 0. The van der Waals surface area contributed by atoms with Crippen molar-refractivity contribution < 1.29 is 13.2 Å². The largest absolute Gasteiger partial charge is 0.412 e. The van der Waals surface area contributed by atoms with Gasteiger partial charge in [-0.2, -0.15) is 13.2 Å². The highest BCUT2D eigenvalue weighted by Crippen LogP contribution is 2.31. The second-order valence-corrected chi connectivity index (χ2v) is 4.71. The van der Waals surface area contributed by atoms with Gasteiger partial charge in [-0.3, -0.25) is 4.98 Å². The molecule has 6 heteroatoms. The van der Waals surface area contributed by atoms with Gasteiger partial charge in [0.1, 0.15) is 0 Å². The Morgan fingerprint density at radius 1 is 1.40 bits per heavy atom. The summed E-state index contributed by atoms with van der Waals surface area (Å²) in [4.78, 5) is 6.18. The molecule has 0 amide bonds. The second kappa shape index (κ2) is 6.26. The molecule has 2 rings (SSSR count). The van der Waals surface area contributed by atoms with E-state index in [1.807, 2.05) is 24.0 Å². The van der Waals surface area contributed by atoms with Gasteiger partial charge in [0.25, 0.3) is 0 Å². The molecule has 1 N–H and O–H groups in total. The van der Waals surface area contributed by atoms with Crippen LogP contribution in [0.15, 0.2) is 30.0 Å². The van der Waals surface area contributed by atoms with Gasteiger partial charge >= 0.3 is 6.18 Å². The van der Waals surface area contributed by atoms with Crippen molar-refractivity contribution in [2.75, 3.05) is 24.5 Å². The Hall–Kier alpha value is -1.56. The van der Waals surface area contributed by atoms with Gasteiger partial charge in [-0.25, -0.2) is 0 Å². The molecule has 20 heavy (non-hydrogen) atoms. The van der Waals surface area contributed by atoms with Crippen LogP contribution in [0.25, 0.3) is 0 Å². The minimum atomic E-state index is -4.19. The number of nitrogens with zero attached hydrogens (tertiary/aromatic N) is 2. The third-order valence-corrected chi connectivity index (χ3v) is 3.29. The number of rotatable bonds is 4. The summed E-state index contributed by atoms with van der Waals surface area (Å²) >= 11 is 0. The lowest BCUT2D eigenvalue weighted by molar-refractivity contribution is -0.0943. The SMILES string of the molecule is CCNCc1cc(N2CC=C(C(F)(F)F)CC2)ccn1. The topological polar surface area (TPSA) is 28.2 Å². The van der Waals surface area contributed by atoms with E-state index in [4.69, 9.17) is 0 Å². The van der Waals surface area contributed by atoms with E-state index in [0.29, 0.717) is 19.6 Å². The standard InChI is InChI=1S/C14H18F3N3/c1-2-18-10-12-9-13(3-6-19-12)20-7-4-11(5-8-20)14(15,16)17/h3-4,6,9,18H,2,5,7-8,10H2,1H3. The summed E-state index contributed by atoms with van der Waals surface area (Å²) in [5.41, 5.74) is 1.40. The van der Waals surface area contributed by atoms with E-state index in [1.54, 1.807) is 6.20 Å². The molecular formula is C14H18F3N3. The predicted octanol–water partition coefficient (Wildman–Crippen LogP) is 2.89. The first-order chi connectivity index (χ1) is 9.50. The summed E-state index contributed by atoms with van der Waals surface area (Å²) < 4.78 is 37.7. The lowest BCUT2D eigenvalue weighted by Gasteiger charge is -2.29. The van der Waals surface area contributed by atoms with E-state index in [1.165, 1.54) is 6.08 Å². The molecule has 0 aliphatic carbocycles. The van der Waals surface area contributed by atoms with Crippen LogP contribution in [0, 0.1) is 0 Å². The maximum atomic E-state index is 12.6. The van der Waals surface area contributed by atoms with E-state index in [9.17, 15) is 13.2 Å². The zero-order valence-electron chi connectivity index (χ0n) is 11.4. The van der Waals surface area contributed by atoms with E-state index >= 15 is 0 Å². The fourth-order valence-corrected chi connectivity index (χ4v) is 2.17. The summed E-state index contributed by atoms with van der Waals surface area (Å²) in [6.45, 7) is 4.21. The normalized spacial score (nSPS) is 16.2. The first-order valence-electron chi connectivity index (χ1n) is 6.67. The first-order valence-corrected chi connectivity index (χ1v) is 6.67. The molecular weight excluding hydrogens is 267 g/mol. The van der Waals surface area contributed by atoms with Crippen molar-refractivity contribution >= 4 is 5.69 Å². The molecule has 0 bridgehead atoms. The Balaban J connectivity index is 2.05. The minimum Gasteiger partial charge on any atom is -0.367 e. The molecule has 1 aliphatic rings. The van der Waals surface area contributed by atoms with Gasteiger partial charge in [-0.05, 0) is 25.1 Å². The molecule has 1 aliphatic heterocycles. The Labute approximate surface area is 116 Å². The number of hydrogen-bond donors (Lipinski definition) is 1. The van der Waals surface area contributed by atoms with Gasteiger partial charge in [-0.1, -0.05) is 13.0 Å². The minimum absolute atomic E-state index is 0.0361. The second-order valence-electron chi connectivity index (χ2n) is 4.71. The van der Waals surface area contributed by atoms with Crippen LogP contribution in [-0.4, -0.2) is 30.8 Å². The van der Waals surface area contributed by atoms with Crippen LogP contribution in [0.4, 0.5) is 18.9 Å². The number of alkyl halides is 3. The van der Waals surface area contributed by atoms with Crippen LogP contribution in [0.3, 0.4) is 0 Å². The molecule has 0 saturated heterocycles. The molecule has 0 unspecified atom stereocenters. The maximum absolute atomic E-state index is 12.6. The number of anilines is 1. The molecule has 0 aromatic carbocycles. The van der Waals surface area contributed by atoms with Gasteiger partial charge in [0.05, 0.1) is 5.69 Å². The Bertz CT molecular complexity index is 483. The zero-order valence-corrected chi connectivity index (χ0v) is 11.4.